The third-order valence-corrected chi connectivity index (χ3v) is 3.63. The van der Waals surface area contributed by atoms with Gasteiger partial charge in [0.25, 0.3) is 0 Å². The van der Waals surface area contributed by atoms with Crippen molar-refractivity contribution in [3.05, 3.63) is 90.0 Å². The van der Waals surface area contributed by atoms with Crippen molar-refractivity contribution in [2.24, 2.45) is 5.73 Å². The van der Waals surface area contributed by atoms with Gasteiger partial charge in [-0.15, -0.1) is 0 Å². The summed E-state index contributed by atoms with van der Waals surface area (Å²) in [6, 6.07) is 26.7. The number of nitrogens with two attached hydrogens (primary N) is 1. The molecule has 0 radical (unpaired) electrons. The Kier molecular flexibility index (Phi) is 4.52. The highest BCUT2D eigenvalue weighted by molar-refractivity contribution is 5.64. The van der Waals surface area contributed by atoms with E-state index in [2.05, 4.69) is 48.5 Å². The molecule has 0 amide bonds. The van der Waals surface area contributed by atoms with Crippen LogP contribution in [0.3, 0.4) is 0 Å². The van der Waals surface area contributed by atoms with Gasteiger partial charge >= 0.3 is 0 Å². The van der Waals surface area contributed by atoms with Crippen LogP contribution in [0.4, 0.5) is 0 Å². The lowest BCUT2D eigenvalue weighted by molar-refractivity contribution is 0.306. The van der Waals surface area contributed by atoms with E-state index < -0.39 is 0 Å². The zero-order chi connectivity index (χ0) is 15.2. The van der Waals surface area contributed by atoms with Gasteiger partial charge in [-0.05, 0) is 34.4 Å². The molecule has 0 aromatic heterocycles. The molecule has 0 bridgehead atoms. The van der Waals surface area contributed by atoms with Crippen molar-refractivity contribution < 1.29 is 4.74 Å². The van der Waals surface area contributed by atoms with Crippen molar-refractivity contribution >= 4 is 0 Å². The predicted molar refractivity (Wildman–Crippen MR) is 90.5 cm³/mol. The number of ether oxygens (including phenoxy) is 1. The van der Waals surface area contributed by atoms with E-state index >= 15 is 0 Å². The van der Waals surface area contributed by atoms with Gasteiger partial charge in [0, 0.05) is 6.54 Å². The fourth-order valence-electron chi connectivity index (χ4n) is 2.32. The van der Waals surface area contributed by atoms with E-state index in [0.29, 0.717) is 13.2 Å². The molecule has 0 spiro atoms. The van der Waals surface area contributed by atoms with Crippen LogP contribution in [0.25, 0.3) is 11.1 Å². The first kappa shape index (κ1) is 14.4. The summed E-state index contributed by atoms with van der Waals surface area (Å²) in [5.41, 5.74) is 10.3. The second kappa shape index (κ2) is 6.92. The van der Waals surface area contributed by atoms with Crippen LogP contribution in [-0.2, 0) is 13.2 Å². The normalized spacial score (nSPS) is 10.4. The monoisotopic (exact) mass is 289 g/mol. The van der Waals surface area contributed by atoms with Gasteiger partial charge in [0.05, 0.1) is 0 Å². The summed E-state index contributed by atoms with van der Waals surface area (Å²) in [7, 11) is 0. The first-order valence-electron chi connectivity index (χ1n) is 7.41. The minimum absolute atomic E-state index is 0.576. The maximum absolute atomic E-state index is 5.80. The van der Waals surface area contributed by atoms with Crippen molar-refractivity contribution in [3.63, 3.8) is 0 Å². The summed E-state index contributed by atoms with van der Waals surface area (Å²) in [4.78, 5) is 0. The quantitative estimate of drug-likeness (QED) is 0.756. The minimum atomic E-state index is 0.576. The van der Waals surface area contributed by atoms with E-state index in [4.69, 9.17) is 10.5 Å². The zero-order valence-electron chi connectivity index (χ0n) is 12.4. The highest BCUT2D eigenvalue weighted by Gasteiger charge is 2.00. The molecule has 110 valence electrons. The highest BCUT2D eigenvalue weighted by atomic mass is 16.5. The minimum Gasteiger partial charge on any atom is -0.489 e. The van der Waals surface area contributed by atoms with E-state index in [0.717, 1.165) is 11.3 Å². The van der Waals surface area contributed by atoms with Crippen molar-refractivity contribution in [3.8, 4) is 16.9 Å². The molecule has 0 aliphatic heterocycles. The lowest BCUT2D eigenvalue weighted by atomic mass is 10.0. The van der Waals surface area contributed by atoms with Crippen molar-refractivity contribution in [1.82, 2.24) is 0 Å². The molecule has 2 N–H and O–H groups in total. The van der Waals surface area contributed by atoms with E-state index in [1.807, 2.05) is 30.3 Å². The van der Waals surface area contributed by atoms with Gasteiger partial charge < -0.3 is 10.5 Å². The van der Waals surface area contributed by atoms with E-state index in [1.165, 1.54) is 16.7 Å². The fraction of sp³-hybridized carbons (Fsp3) is 0.100. The third kappa shape index (κ3) is 3.54. The summed E-state index contributed by atoms with van der Waals surface area (Å²) in [6.45, 7) is 1.16. The van der Waals surface area contributed by atoms with Gasteiger partial charge in [-0.25, -0.2) is 0 Å². The maximum atomic E-state index is 5.80. The van der Waals surface area contributed by atoms with Gasteiger partial charge in [0.1, 0.15) is 12.4 Å². The first-order chi connectivity index (χ1) is 10.8. The molecule has 0 saturated carbocycles. The molecule has 0 aliphatic rings. The third-order valence-electron chi connectivity index (χ3n) is 3.63. The molecule has 0 fully saturated rings. The molecule has 0 aliphatic carbocycles. The summed E-state index contributed by atoms with van der Waals surface area (Å²) in [6.07, 6.45) is 0. The Morgan fingerprint density at radius 1 is 0.636 bits per heavy atom. The summed E-state index contributed by atoms with van der Waals surface area (Å²) < 4.78 is 5.80. The topological polar surface area (TPSA) is 35.2 Å². The summed E-state index contributed by atoms with van der Waals surface area (Å²) >= 11 is 0. The molecule has 2 nitrogen and oxygen atoms in total. The lowest BCUT2D eigenvalue weighted by Gasteiger charge is -2.08. The zero-order valence-corrected chi connectivity index (χ0v) is 12.4. The Balaban J connectivity index is 1.67. The molecule has 0 saturated heterocycles. The summed E-state index contributed by atoms with van der Waals surface area (Å²) in [5, 5.41) is 0. The average Bonchev–Trinajstić information content (AvgIpc) is 2.61. The predicted octanol–water partition coefficient (Wildman–Crippen LogP) is 4.39. The van der Waals surface area contributed by atoms with E-state index in [9.17, 15) is 0 Å². The van der Waals surface area contributed by atoms with Crippen molar-refractivity contribution in [2.75, 3.05) is 0 Å². The Morgan fingerprint density at radius 2 is 1.23 bits per heavy atom. The lowest BCUT2D eigenvalue weighted by Crippen LogP contribution is -1.95. The molecule has 0 unspecified atom stereocenters. The standard InChI is InChI=1S/C20H19NO/c21-14-16-6-8-18(9-7-16)19-10-12-20(13-11-19)22-15-17-4-2-1-3-5-17/h1-13H,14-15,21H2. The summed E-state index contributed by atoms with van der Waals surface area (Å²) in [5.74, 6) is 0.881. The second-order valence-electron chi connectivity index (χ2n) is 5.20. The van der Waals surface area contributed by atoms with Crippen LogP contribution in [-0.4, -0.2) is 0 Å². The Morgan fingerprint density at radius 3 is 1.82 bits per heavy atom. The van der Waals surface area contributed by atoms with E-state index in [-0.39, 0.29) is 0 Å². The van der Waals surface area contributed by atoms with Crippen LogP contribution in [0.2, 0.25) is 0 Å². The fourth-order valence-corrected chi connectivity index (χ4v) is 2.32. The van der Waals surface area contributed by atoms with Gasteiger partial charge in [-0.1, -0.05) is 66.7 Å². The van der Waals surface area contributed by atoms with E-state index in [1.54, 1.807) is 0 Å². The SMILES string of the molecule is NCc1ccc(-c2ccc(OCc3ccccc3)cc2)cc1. The maximum Gasteiger partial charge on any atom is 0.119 e. The number of benzene rings is 3. The molecule has 3 aromatic rings. The molecule has 0 heterocycles. The van der Waals surface area contributed by atoms with Crippen LogP contribution in [0.1, 0.15) is 11.1 Å². The Hall–Kier alpha value is -2.58. The average molecular weight is 289 g/mol. The van der Waals surface area contributed by atoms with Crippen molar-refractivity contribution in [1.29, 1.82) is 0 Å². The molecule has 3 aromatic carbocycles. The molecular weight excluding hydrogens is 270 g/mol. The first-order valence-corrected chi connectivity index (χ1v) is 7.41. The molecule has 3 rings (SSSR count). The van der Waals surface area contributed by atoms with Gasteiger partial charge in [-0.2, -0.15) is 0 Å². The number of hydrogen-bond acceptors (Lipinski definition) is 2. The van der Waals surface area contributed by atoms with Crippen molar-refractivity contribution in [2.45, 2.75) is 13.2 Å². The van der Waals surface area contributed by atoms with Gasteiger partial charge in [0.2, 0.25) is 0 Å². The van der Waals surface area contributed by atoms with Gasteiger partial charge in [0.15, 0.2) is 0 Å². The second-order valence-corrected chi connectivity index (χ2v) is 5.20. The number of hydrogen-bond donors (Lipinski definition) is 1. The van der Waals surface area contributed by atoms with Crippen LogP contribution in [0.15, 0.2) is 78.9 Å². The number of rotatable bonds is 5. The van der Waals surface area contributed by atoms with Crippen LogP contribution in [0.5, 0.6) is 5.75 Å². The Labute approximate surface area is 131 Å². The largest absolute Gasteiger partial charge is 0.489 e. The molecular formula is C20H19NO. The molecule has 22 heavy (non-hydrogen) atoms. The molecule has 0 atom stereocenters. The molecule has 2 heteroatoms. The van der Waals surface area contributed by atoms with Crippen LogP contribution < -0.4 is 10.5 Å². The van der Waals surface area contributed by atoms with Crippen LogP contribution in [0, 0.1) is 0 Å². The smallest absolute Gasteiger partial charge is 0.119 e. The van der Waals surface area contributed by atoms with Gasteiger partial charge in [-0.3, -0.25) is 0 Å². The Bertz CT molecular complexity index is 703. The van der Waals surface area contributed by atoms with Crippen LogP contribution >= 0.6 is 0 Å². The highest BCUT2D eigenvalue weighted by Crippen LogP contribution is 2.23.